The SMILES string of the molecule is Cc1ccc(C2=CC(c3ccc(C)cc3)=N/C2=C\c2c3ccccc3c(-c3ccc(C)cc3)n2C)cc1. The normalized spacial score (nSPS) is 14.3. The van der Waals surface area contributed by atoms with E-state index in [2.05, 4.69) is 142 Å². The van der Waals surface area contributed by atoms with Crippen LogP contribution in [-0.4, -0.2) is 10.3 Å². The minimum atomic E-state index is 0.987. The molecule has 0 atom stereocenters. The fourth-order valence-electron chi connectivity index (χ4n) is 5.14. The zero-order valence-corrected chi connectivity index (χ0v) is 21.8. The van der Waals surface area contributed by atoms with Crippen LogP contribution in [0, 0.1) is 20.8 Å². The monoisotopic (exact) mass is 478 g/mol. The second-order valence-corrected chi connectivity index (χ2v) is 10.0. The quantitative estimate of drug-likeness (QED) is 0.246. The number of aryl methyl sites for hydroxylation is 3. The average Bonchev–Trinajstić information content (AvgIpc) is 3.45. The Labute approximate surface area is 218 Å². The van der Waals surface area contributed by atoms with Crippen LogP contribution in [0.1, 0.15) is 33.5 Å². The molecular formula is C35H30N2. The maximum absolute atomic E-state index is 5.18. The predicted octanol–water partition coefficient (Wildman–Crippen LogP) is 8.70. The standard InChI is InChI=1S/C35H30N2/c1-23-9-15-26(16-10-23)31-21-32(27-17-11-24(2)12-18-27)36-33(31)22-34-29-7-5-6-8-30(29)35(37(34)4)28-19-13-25(3)14-20-28/h5-22H,1-4H3/b33-22-. The molecule has 0 amide bonds. The Bertz CT molecular complexity index is 1710. The first-order valence-corrected chi connectivity index (χ1v) is 12.8. The van der Waals surface area contributed by atoms with Crippen molar-refractivity contribution in [1.82, 2.24) is 4.57 Å². The van der Waals surface area contributed by atoms with Gasteiger partial charge in [-0.1, -0.05) is 114 Å². The number of fused-ring (bicyclic) bond motifs is 1. The summed E-state index contributed by atoms with van der Waals surface area (Å²) in [6.45, 7) is 6.37. The minimum absolute atomic E-state index is 0.987. The van der Waals surface area contributed by atoms with Crippen molar-refractivity contribution in [2.45, 2.75) is 20.8 Å². The summed E-state index contributed by atoms with van der Waals surface area (Å²) < 4.78 is 2.31. The zero-order valence-electron chi connectivity index (χ0n) is 21.8. The Hall–Kier alpha value is -4.43. The van der Waals surface area contributed by atoms with Gasteiger partial charge in [0.25, 0.3) is 0 Å². The summed E-state index contributed by atoms with van der Waals surface area (Å²) in [4.78, 5) is 5.18. The van der Waals surface area contributed by atoms with Crippen molar-refractivity contribution in [2.24, 2.45) is 12.0 Å². The van der Waals surface area contributed by atoms with Crippen molar-refractivity contribution >= 4 is 28.1 Å². The van der Waals surface area contributed by atoms with Gasteiger partial charge in [0.1, 0.15) is 0 Å². The highest BCUT2D eigenvalue weighted by Crippen LogP contribution is 2.38. The molecule has 0 saturated carbocycles. The van der Waals surface area contributed by atoms with Crippen molar-refractivity contribution in [1.29, 1.82) is 0 Å². The van der Waals surface area contributed by atoms with Crippen LogP contribution in [-0.2, 0) is 7.05 Å². The number of rotatable bonds is 4. The zero-order chi connectivity index (χ0) is 25.5. The van der Waals surface area contributed by atoms with Crippen LogP contribution in [0.4, 0.5) is 0 Å². The molecule has 6 rings (SSSR count). The van der Waals surface area contributed by atoms with Gasteiger partial charge in [0.2, 0.25) is 0 Å². The molecule has 2 heteroatoms. The first-order chi connectivity index (χ1) is 18.0. The van der Waals surface area contributed by atoms with Gasteiger partial charge in [-0.05, 0) is 44.1 Å². The van der Waals surface area contributed by atoms with Crippen LogP contribution < -0.4 is 0 Å². The lowest BCUT2D eigenvalue weighted by Gasteiger charge is -2.09. The van der Waals surface area contributed by atoms with Gasteiger partial charge in [0.15, 0.2) is 0 Å². The van der Waals surface area contributed by atoms with E-state index in [1.54, 1.807) is 0 Å². The van der Waals surface area contributed by atoms with Gasteiger partial charge < -0.3 is 4.57 Å². The van der Waals surface area contributed by atoms with Crippen molar-refractivity contribution in [3.8, 4) is 11.3 Å². The van der Waals surface area contributed by atoms with Crippen LogP contribution in [0.25, 0.3) is 33.7 Å². The Kier molecular flexibility index (Phi) is 5.73. The lowest BCUT2D eigenvalue weighted by atomic mass is 9.99. The van der Waals surface area contributed by atoms with E-state index in [0.29, 0.717) is 0 Å². The van der Waals surface area contributed by atoms with E-state index in [-0.39, 0.29) is 0 Å². The molecule has 0 bridgehead atoms. The highest BCUT2D eigenvalue weighted by atomic mass is 15.0. The smallest absolute Gasteiger partial charge is 0.0737 e. The Morgan fingerprint density at radius 2 is 1.11 bits per heavy atom. The van der Waals surface area contributed by atoms with Gasteiger partial charge in [0, 0.05) is 29.0 Å². The van der Waals surface area contributed by atoms with E-state index in [4.69, 9.17) is 4.99 Å². The van der Waals surface area contributed by atoms with Gasteiger partial charge in [-0.25, -0.2) is 4.99 Å². The molecule has 1 aromatic heterocycles. The van der Waals surface area contributed by atoms with Crippen molar-refractivity contribution in [3.63, 3.8) is 0 Å². The van der Waals surface area contributed by atoms with Crippen LogP contribution in [0.3, 0.4) is 0 Å². The Morgan fingerprint density at radius 3 is 1.70 bits per heavy atom. The summed E-state index contributed by atoms with van der Waals surface area (Å²) in [7, 11) is 2.16. The third-order valence-corrected chi connectivity index (χ3v) is 7.26. The largest absolute Gasteiger partial charge is 0.343 e. The molecule has 4 aromatic carbocycles. The molecule has 0 fully saturated rings. The third-order valence-electron chi connectivity index (χ3n) is 7.26. The maximum Gasteiger partial charge on any atom is 0.0737 e. The molecule has 0 unspecified atom stereocenters. The molecule has 0 spiro atoms. The molecule has 0 radical (unpaired) electrons. The highest BCUT2D eigenvalue weighted by molar-refractivity contribution is 6.19. The predicted molar refractivity (Wildman–Crippen MR) is 158 cm³/mol. The van der Waals surface area contributed by atoms with Crippen LogP contribution in [0.5, 0.6) is 0 Å². The maximum atomic E-state index is 5.18. The van der Waals surface area contributed by atoms with Crippen LogP contribution in [0.15, 0.2) is 114 Å². The number of aromatic nitrogens is 1. The molecule has 2 nitrogen and oxygen atoms in total. The molecule has 5 aromatic rings. The summed E-state index contributed by atoms with van der Waals surface area (Å²) in [6.07, 6.45) is 4.49. The summed E-state index contributed by atoms with van der Waals surface area (Å²) in [6, 6.07) is 34.8. The van der Waals surface area contributed by atoms with Gasteiger partial charge in [-0.3, -0.25) is 0 Å². The second-order valence-electron chi connectivity index (χ2n) is 10.0. The van der Waals surface area contributed by atoms with Crippen molar-refractivity contribution in [3.05, 3.63) is 142 Å². The second kappa shape index (κ2) is 9.22. The van der Waals surface area contributed by atoms with Crippen molar-refractivity contribution in [2.75, 3.05) is 0 Å². The van der Waals surface area contributed by atoms with Crippen molar-refractivity contribution < 1.29 is 0 Å². The number of allylic oxidation sites excluding steroid dienone is 2. The first kappa shape index (κ1) is 23.0. The number of nitrogens with zero attached hydrogens (tertiary/aromatic N) is 2. The van der Waals surface area contributed by atoms with E-state index in [1.165, 1.54) is 44.3 Å². The van der Waals surface area contributed by atoms with E-state index in [9.17, 15) is 0 Å². The molecule has 0 aliphatic carbocycles. The molecule has 0 N–H and O–H groups in total. The lowest BCUT2D eigenvalue weighted by molar-refractivity contribution is 0.928. The van der Waals surface area contributed by atoms with Gasteiger partial charge in [-0.2, -0.15) is 0 Å². The number of hydrogen-bond acceptors (Lipinski definition) is 1. The van der Waals surface area contributed by atoms with Crippen LogP contribution >= 0.6 is 0 Å². The first-order valence-electron chi connectivity index (χ1n) is 12.8. The number of benzene rings is 4. The lowest BCUT2D eigenvalue weighted by Crippen LogP contribution is -1.95. The number of aliphatic imine (C=N–C) groups is 1. The van der Waals surface area contributed by atoms with Gasteiger partial charge in [-0.15, -0.1) is 0 Å². The molecule has 37 heavy (non-hydrogen) atoms. The molecule has 1 aliphatic rings. The van der Waals surface area contributed by atoms with E-state index >= 15 is 0 Å². The molecule has 1 aliphatic heterocycles. The third kappa shape index (κ3) is 4.25. The summed E-state index contributed by atoms with van der Waals surface area (Å²) >= 11 is 0. The van der Waals surface area contributed by atoms with E-state index in [1.807, 2.05) is 0 Å². The van der Waals surface area contributed by atoms with Crippen LogP contribution in [0.2, 0.25) is 0 Å². The molecule has 0 saturated heterocycles. The fourth-order valence-corrected chi connectivity index (χ4v) is 5.14. The Morgan fingerprint density at radius 1 is 0.595 bits per heavy atom. The highest BCUT2D eigenvalue weighted by Gasteiger charge is 2.20. The summed E-state index contributed by atoms with van der Waals surface area (Å²) in [5.41, 5.74) is 12.8. The van der Waals surface area contributed by atoms with E-state index in [0.717, 1.165) is 28.2 Å². The average molecular weight is 479 g/mol. The minimum Gasteiger partial charge on any atom is -0.343 e. The molecule has 2 heterocycles. The van der Waals surface area contributed by atoms with Gasteiger partial charge >= 0.3 is 0 Å². The van der Waals surface area contributed by atoms with Gasteiger partial charge in [0.05, 0.1) is 22.8 Å². The van der Waals surface area contributed by atoms with E-state index < -0.39 is 0 Å². The Balaban J connectivity index is 1.55. The molecular weight excluding hydrogens is 448 g/mol. The summed E-state index contributed by atoms with van der Waals surface area (Å²) in [5.74, 6) is 0. The fraction of sp³-hybridized carbons (Fsp3) is 0.114. The molecule has 180 valence electrons. The summed E-state index contributed by atoms with van der Waals surface area (Å²) in [5, 5.41) is 2.48. The topological polar surface area (TPSA) is 17.3 Å². The number of hydrogen-bond donors (Lipinski definition) is 0.